The molecule has 0 aromatic heterocycles. The Morgan fingerprint density at radius 2 is 1.74 bits per heavy atom. The van der Waals surface area contributed by atoms with Crippen LogP contribution < -0.4 is 5.73 Å². The van der Waals surface area contributed by atoms with E-state index < -0.39 is 5.54 Å². The van der Waals surface area contributed by atoms with Crippen LogP contribution in [0.5, 0.6) is 0 Å². The van der Waals surface area contributed by atoms with E-state index in [1.807, 2.05) is 30.3 Å². The first-order valence-corrected chi connectivity index (χ1v) is 7.71. The van der Waals surface area contributed by atoms with Crippen LogP contribution in [-0.2, 0) is 22.4 Å². The van der Waals surface area contributed by atoms with Crippen molar-refractivity contribution in [2.45, 2.75) is 25.3 Å². The maximum atomic E-state index is 12.5. The van der Waals surface area contributed by atoms with Gasteiger partial charge < -0.3 is 10.5 Å². The van der Waals surface area contributed by atoms with Crippen molar-refractivity contribution < 1.29 is 14.3 Å². The number of ketones is 1. The Labute approximate surface area is 135 Å². The second-order valence-electron chi connectivity index (χ2n) is 5.91. The molecule has 2 aromatic rings. The molecule has 1 aliphatic carbocycles. The molecule has 0 amide bonds. The van der Waals surface area contributed by atoms with Gasteiger partial charge in [-0.15, -0.1) is 0 Å². The molecule has 0 saturated carbocycles. The molecule has 0 bridgehead atoms. The van der Waals surface area contributed by atoms with E-state index in [1.54, 1.807) is 25.1 Å². The minimum Gasteiger partial charge on any atom is -0.465 e. The van der Waals surface area contributed by atoms with E-state index in [0.717, 1.165) is 11.1 Å². The Morgan fingerprint density at radius 3 is 2.43 bits per heavy atom. The second kappa shape index (κ2) is 5.97. The van der Waals surface area contributed by atoms with Gasteiger partial charge in [0, 0.05) is 24.0 Å². The van der Waals surface area contributed by atoms with Crippen molar-refractivity contribution in [3.63, 3.8) is 0 Å². The lowest BCUT2D eigenvalue weighted by molar-refractivity contribution is -0.149. The molecule has 0 aliphatic heterocycles. The monoisotopic (exact) mass is 309 g/mol. The number of hydrogen-bond donors (Lipinski definition) is 1. The van der Waals surface area contributed by atoms with E-state index in [2.05, 4.69) is 0 Å². The van der Waals surface area contributed by atoms with Gasteiger partial charge in [0.25, 0.3) is 0 Å². The summed E-state index contributed by atoms with van der Waals surface area (Å²) in [5.74, 6) is -0.411. The molecular weight excluding hydrogens is 290 g/mol. The number of esters is 1. The standard InChI is InChI=1S/C19H19NO3/c1-2-23-18(22)19(20)11-15-9-8-14(10-16(15)12-19)17(21)13-6-4-3-5-7-13/h3-10H,2,11-12,20H2,1H3/t19-/m1/s1. The number of nitrogens with two attached hydrogens (primary N) is 1. The maximum absolute atomic E-state index is 12.5. The summed E-state index contributed by atoms with van der Waals surface area (Å²) in [4.78, 5) is 24.6. The summed E-state index contributed by atoms with van der Waals surface area (Å²) in [7, 11) is 0. The van der Waals surface area contributed by atoms with Crippen LogP contribution in [0.2, 0.25) is 0 Å². The molecule has 3 rings (SSSR count). The first-order chi connectivity index (χ1) is 11.0. The number of carbonyl (C=O) groups excluding carboxylic acids is 2. The van der Waals surface area contributed by atoms with Gasteiger partial charge in [-0.1, -0.05) is 42.5 Å². The van der Waals surface area contributed by atoms with Crippen molar-refractivity contribution in [1.82, 2.24) is 0 Å². The number of rotatable bonds is 4. The highest BCUT2D eigenvalue weighted by Crippen LogP contribution is 2.30. The van der Waals surface area contributed by atoms with Crippen molar-refractivity contribution in [1.29, 1.82) is 0 Å². The minimum absolute atomic E-state index is 0.0287. The summed E-state index contributed by atoms with van der Waals surface area (Å²) in [6.07, 6.45) is 0.845. The fourth-order valence-electron chi connectivity index (χ4n) is 3.02. The first-order valence-electron chi connectivity index (χ1n) is 7.71. The second-order valence-corrected chi connectivity index (χ2v) is 5.91. The highest BCUT2D eigenvalue weighted by atomic mass is 16.5. The van der Waals surface area contributed by atoms with Crippen molar-refractivity contribution in [2.24, 2.45) is 5.73 Å². The highest BCUT2D eigenvalue weighted by Gasteiger charge is 2.41. The van der Waals surface area contributed by atoms with Crippen LogP contribution in [0.4, 0.5) is 0 Å². The summed E-state index contributed by atoms with van der Waals surface area (Å²) in [5, 5.41) is 0. The number of benzene rings is 2. The topological polar surface area (TPSA) is 69.4 Å². The lowest BCUT2D eigenvalue weighted by Crippen LogP contribution is -2.50. The molecule has 0 saturated heterocycles. The van der Waals surface area contributed by atoms with Crippen molar-refractivity contribution in [3.8, 4) is 0 Å². The zero-order chi connectivity index (χ0) is 16.4. The smallest absolute Gasteiger partial charge is 0.326 e. The van der Waals surface area contributed by atoms with Gasteiger partial charge in [0.1, 0.15) is 5.54 Å². The Bertz CT molecular complexity index is 754. The molecule has 4 heteroatoms. The number of carbonyl (C=O) groups is 2. The predicted molar refractivity (Wildman–Crippen MR) is 87.3 cm³/mol. The number of fused-ring (bicyclic) bond motifs is 1. The summed E-state index contributed by atoms with van der Waals surface area (Å²) in [5.41, 5.74) is 8.41. The van der Waals surface area contributed by atoms with Crippen LogP contribution in [0.3, 0.4) is 0 Å². The predicted octanol–water partition coefficient (Wildman–Crippen LogP) is 2.28. The lowest BCUT2D eigenvalue weighted by Gasteiger charge is -2.20. The Morgan fingerprint density at radius 1 is 1.04 bits per heavy atom. The molecule has 0 spiro atoms. The molecule has 0 heterocycles. The van der Waals surface area contributed by atoms with Crippen LogP contribution in [0, 0.1) is 0 Å². The third-order valence-electron chi connectivity index (χ3n) is 4.20. The van der Waals surface area contributed by atoms with Gasteiger partial charge >= 0.3 is 5.97 Å². The van der Waals surface area contributed by atoms with Crippen molar-refractivity contribution >= 4 is 11.8 Å². The molecule has 118 valence electrons. The average molecular weight is 309 g/mol. The quantitative estimate of drug-likeness (QED) is 0.695. The van der Waals surface area contributed by atoms with Gasteiger partial charge in [0.15, 0.2) is 5.78 Å². The molecule has 0 fully saturated rings. The van der Waals surface area contributed by atoms with Gasteiger partial charge in [-0.25, -0.2) is 0 Å². The van der Waals surface area contributed by atoms with E-state index in [0.29, 0.717) is 30.6 Å². The van der Waals surface area contributed by atoms with Crippen LogP contribution in [0.1, 0.15) is 34.0 Å². The summed E-state index contributed by atoms with van der Waals surface area (Å²) < 4.78 is 5.08. The third-order valence-corrected chi connectivity index (χ3v) is 4.20. The molecule has 1 aliphatic rings. The molecule has 1 atom stereocenters. The molecule has 4 nitrogen and oxygen atoms in total. The van der Waals surface area contributed by atoms with E-state index in [-0.39, 0.29) is 11.8 Å². The third kappa shape index (κ3) is 2.90. The van der Waals surface area contributed by atoms with Crippen LogP contribution in [0.25, 0.3) is 0 Å². The van der Waals surface area contributed by atoms with Gasteiger partial charge in [-0.3, -0.25) is 9.59 Å². The van der Waals surface area contributed by atoms with Crippen molar-refractivity contribution in [3.05, 3.63) is 70.8 Å². The van der Waals surface area contributed by atoms with Crippen LogP contribution in [0.15, 0.2) is 48.5 Å². The van der Waals surface area contributed by atoms with Crippen LogP contribution in [-0.4, -0.2) is 23.9 Å². The SMILES string of the molecule is CCOC(=O)[C@@]1(N)Cc2ccc(C(=O)c3ccccc3)cc2C1. The summed E-state index contributed by atoms with van der Waals surface area (Å²) >= 11 is 0. The molecule has 0 unspecified atom stereocenters. The Kier molecular flexibility index (Phi) is 4.01. The maximum Gasteiger partial charge on any atom is 0.326 e. The highest BCUT2D eigenvalue weighted by molar-refractivity contribution is 6.09. The average Bonchev–Trinajstić information content (AvgIpc) is 2.92. The largest absolute Gasteiger partial charge is 0.465 e. The van der Waals surface area contributed by atoms with Gasteiger partial charge in [-0.2, -0.15) is 0 Å². The van der Waals surface area contributed by atoms with Gasteiger partial charge in [-0.05, 0) is 24.1 Å². The van der Waals surface area contributed by atoms with E-state index in [9.17, 15) is 9.59 Å². The molecular formula is C19H19NO3. The number of hydrogen-bond acceptors (Lipinski definition) is 4. The molecule has 0 radical (unpaired) electrons. The normalized spacial score (nSPS) is 19.2. The lowest BCUT2D eigenvalue weighted by atomic mass is 9.97. The van der Waals surface area contributed by atoms with E-state index in [4.69, 9.17) is 10.5 Å². The van der Waals surface area contributed by atoms with E-state index in [1.165, 1.54) is 0 Å². The molecule has 23 heavy (non-hydrogen) atoms. The molecule has 2 N–H and O–H groups in total. The Hall–Kier alpha value is -2.46. The molecule has 2 aromatic carbocycles. The first kappa shape index (κ1) is 15.4. The fourth-order valence-corrected chi connectivity index (χ4v) is 3.02. The van der Waals surface area contributed by atoms with E-state index >= 15 is 0 Å². The van der Waals surface area contributed by atoms with Crippen molar-refractivity contribution in [2.75, 3.05) is 6.61 Å². The zero-order valence-corrected chi connectivity index (χ0v) is 13.0. The van der Waals surface area contributed by atoms with Gasteiger partial charge in [0.2, 0.25) is 0 Å². The number of ether oxygens (including phenoxy) is 1. The fraction of sp³-hybridized carbons (Fsp3) is 0.263. The Balaban J connectivity index is 1.86. The van der Waals surface area contributed by atoms with Crippen LogP contribution >= 0.6 is 0 Å². The minimum atomic E-state index is -1.02. The summed E-state index contributed by atoms with van der Waals surface area (Å²) in [6, 6.07) is 14.7. The van der Waals surface area contributed by atoms with Gasteiger partial charge in [0.05, 0.1) is 6.61 Å². The zero-order valence-electron chi connectivity index (χ0n) is 13.0. The summed E-state index contributed by atoms with van der Waals surface area (Å²) in [6.45, 7) is 2.08.